The van der Waals surface area contributed by atoms with Gasteiger partial charge in [0.1, 0.15) is 17.6 Å². The molecule has 1 unspecified atom stereocenters. The van der Waals surface area contributed by atoms with Gasteiger partial charge in [-0.1, -0.05) is 5.16 Å². The first-order valence-corrected chi connectivity index (χ1v) is 3.73. The first kappa shape index (κ1) is 10.1. The van der Waals surface area contributed by atoms with Gasteiger partial charge in [0.25, 0.3) is 0 Å². The highest BCUT2D eigenvalue weighted by Crippen LogP contribution is 2.24. The van der Waals surface area contributed by atoms with Crippen LogP contribution in [-0.4, -0.2) is 26.4 Å². The van der Waals surface area contributed by atoms with Gasteiger partial charge in [-0.25, -0.2) is 0 Å². The summed E-state index contributed by atoms with van der Waals surface area (Å²) < 4.78 is 0. The number of phenolic OH excluding ortho intramolecular Hbond substituents is 2. The van der Waals surface area contributed by atoms with Crippen LogP contribution in [0.4, 0.5) is 0 Å². The number of aromatic hydroxyl groups is 2. The highest BCUT2D eigenvalue weighted by atomic mass is 16.4. The zero-order chi connectivity index (χ0) is 10.7. The van der Waals surface area contributed by atoms with Gasteiger partial charge in [-0.3, -0.25) is 0 Å². The Morgan fingerprint density at radius 2 is 1.71 bits per heavy atom. The Morgan fingerprint density at radius 3 is 2.14 bits per heavy atom. The second-order valence-corrected chi connectivity index (χ2v) is 2.71. The average Bonchev–Trinajstić information content (AvgIpc) is 2.14. The standard InChI is InChI=1S/C8H10N2O4/c9-8(10-14)7(13)4-1-5(11)3-6(12)2-4/h1-3,7,11-14H,(H2,9,10). The lowest BCUT2D eigenvalue weighted by Crippen LogP contribution is -2.21. The lowest BCUT2D eigenvalue weighted by molar-refractivity contribution is 0.232. The molecule has 6 N–H and O–H groups in total. The number of oxime groups is 1. The smallest absolute Gasteiger partial charge is 0.172 e. The summed E-state index contributed by atoms with van der Waals surface area (Å²) in [5.41, 5.74) is 5.27. The number of amidine groups is 1. The third-order valence-electron chi connectivity index (χ3n) is 1.64. The van der Waals surface area contributed by atoms with Gasteiger partial charge in [-0.05, 0) is 17.7 Å². The molecule has 6 heteroatoms. The van der Waals surface area contributed by atoms with E-state index in [1.54, 1.807) is 0 Å². The first-order valence-electron chi connectivity index (χ1n) is 3.73. The molecule has 1 atom stereocenters. The molecule has 6 nitrogen and oxygen atoms in total. The van der Waals surface area contributed by atoms with Crippen LogP contribution in [0.2, 0.25) is 0 Å². The maximum absolute atomic E-state index is 9.40. The van der Waals surface area contributed by atoms with E-state index in [0.717, 1.165) is 6.07 Å². The maximum Gasteiger partial charge on any atom is 0.172 e. The number of rotatable bonds is 2. The van der Waals surface area contributed by atoms with Gasteiger partial charge < -0.3 is 26.3 Å². The molecule has 1 aromatic carbocycles. The van der Waals surface area contributed by atoms with Crippen molar-refractivity contribution in [2.75, 3.05) is 0 Å². The van der Waals surface area contributed by atoms with Crippen molar-refractivity contribution < 1.29 is 20.5 Å². The summed E-state index contributed by atoms with van der Waals surface area (Å²) in [5.74, 6) is -0.857. The van der Waals surface area contributed by atoms with Crippen molar-refractivity contribution in [3.8, 4) is 11.5 Å². The predicted molar refractivity (Wildman–Crippen MR) is 48.1 cm³/mol. The second kappa shape index (κ2) is 3.84. The zero-order valence-corrected chi connectivity index (χ0v) is 7.12. The Morgan fingerprint density at radius 1 is 1.21 bits per heavy atom. The molecule has 0 bridgehead atoms. The number of phenols is 2. The predicted octanol–water partition coefficient (Wildman–Crippen LogP) is -0.122. The van der Waals surface area contributed by atoms with Crippen LogP contribution in [0.1, 0.15) is 11.7 Å². The summed E-state index contributed by atoms with van der Waals surface area (Å²) in [7, 11) is 0. The molecule has 1 rings (SSSR count). The van der Waals surface area contributed by atoms with Crippen molar-refractivity contribution in [2.24, 2.45) is 10.9 Å². The topological polar surface area (TPSA) is 119 Å². The van der Waals surface area contributed by atoms with Crippen molar-refractivity contribution in [1.29, 1.82) is 0 Å². The Kier molecular flexibility index (Phi) is 2.78. The maximum atomic E-state index is 9.40. The van der Waals surface area contributed by atoms with E-state index in [-0.39, 0.29) is 17.1 Å². The van der Waals surface area contributed by atoms with E-state index in [0.29, 0.717) is 0 Å². The molecule has 0 fully saturated rings. The molecule has 0 heterocycles. The van der Waals surface area contributed by atoms with Crippen LogP contribution in [-0.2, 0) is 0 Å². The molecule has 0 spiro atoms. The van der Waals surface area contributed by atoms with Gasteiger partial charge >= 0.3 is 0 Å². The second-order valence-electron chi connectivity index (χ2n) is 2.71. The zero-order valence-electron chi connectivity index (χ0n) is 7.12. The SMILES string of the molecule is N/C(=N/O)C(O)c1cc(O)cc(O)c1. The Labute approximate surface area is 79.5 Å². The summed E-state index contributed by atoms with van der Waals surface area (Å²) >= 11 is 0. The molecule has 0 aliphatic rings. The molecule has 0 saturated carbocycles. The molecule has 0 aliphatic heterocycles. The van der Waals surface area contributed by atoms with Crippen molar-refractivity contribution in [3.63, 3.8) is 0 Å². The number of hydrogen-bond donors (Lipinski definition) is 5. The van der Waals surface area contributed by atoms with Crippen LogP contribution in [0.15, 0.2) is 23.4 Å². The van der Waals surface area contributed by atoms with Gasteiger partial charge in [-0.15, -0.1) is 0 Å². The first-order chi connectivity index (χ1) is 6.54. The van der Waals surface area contributed by atoms with Gasteiger partial charge in [-0.2, -0.15) is 0 Å². The quantitative estimate of drug-likeness (QED) is 0.196. The largest absolute Gasteiger partial charge is 0.508 e. The van der Waals surface area contributed by atoms with Gasteiger partial charge in [0.15, 0.2) is 5.84 Å². The monoisotopic (exact) mass is 198 g/mol. The fraction of sp³-hybridized carbons (Fsp3) is 0.125. The molecule has 76 valence electrons. The van der Waals surface area contributed by atoms with Crippen molar-refractivity contribution in [2.45, 2.75) is 6.10 Å². The molecule has 0 saturated heterocycles. The number of aliphatic hydroxyl groups excluding tert-OH is 1. The van der Waals surface area contributed by atoms with Crippen LogP contribution < -0.4 is 5.73 Å². The van der Waals surface area contributed by atoms with Crippen LogP contribution >= 0.6 is 0 Å². The Hall–Kier alpha value is -1.95. The minimum absolute atomic E-state index is 0.137. The number of nitrogens with zero attached hydrogens (tertiary/aromatic N) is 1. The normalized spacial score (nSPS) is 13.9. The lowest BCUT2D eigenvalue weighted by atomic mass is 10.1. The molecule has 0 aliphatic carbocycles. The van der Waals surface area contributed by atoms with Gasteiger partial charge in [0, 0.05) is 6.07 Å². The summed E-state index contributed by atoms with van der Waals surface area (Å²) in [5, 5.41) is 38.5. The lowest BCUT2D eigenvalue weighted by Gasteiger charge is -2.09. The number of hydrogen-bond acceptors (Lipinski definition) is 5. The minimum Gasteiger partial charge on any atom is -0.508 e. The third-order valence-corrected chi connectivity index (χ3v) is 1.64. The molecule has 0 radical (unpaired) electrons. The highest BCUT2D eigenvalue weighted by molar-refractivity contribution is 5.85. The fourth-order valence-corrected chi connectivity index (χ4v) is 1.00. The van der Waals surface area contributed by atoms with Crippen LogP contribution in [0, 0.1) is 0 Å². The highest BCUT2D eigenvalue weighted by Gasteiger charge is 2.14. The van der Waals surface area contributed by atoms with E-state index in [1.807, 2.05) is 0 Å². The summed E-state index contributed by atoms with van der Waals surface area (Å²) in [4.78, 5) is 0. The van der Waals surface area contributed by atoms with E-state index >= 15 is 0 Å². The van der Waals surface area contributed by atoms with Crippen LogP contribution in [0.25, 0.3) is 0 Å². The molecule has 1 aromatic rings. The average molecular weight is 198 g/mol. The summed E-state index contributed by atoms with van der Waals surface area (Å²) in [6.07, 6.45) is -1.36. The molecular formula is C8H10N2O4. The van der Waals surface area contributed by atoms with Crippen LogP contribution in [0.5, 0.6) is 11.5 Å². The Balaban J connectivity index is 3.07. The Bertz CT molecular complexity index is 344. The fourth-order valence-electron chi connectivity index (χ4n) is 1.00. The van der Waals surface area contributed by atoms with Gasteiger partial charge in [0.2, 0.25) is 0 Å². The minimum atomic E-state index is -1.36. The molecule has 14 heavy (non-hydrogen) atoms. The van der Waals surface area contributed by atoms with E-state index in [4.69, 9.17) is 21.2 Å². The van der Waals surface area contributed by atoms with Crippen molar-refractivity contribution in [1.82, 2.24) is 0 Å². The number of benzene rings is 1. The van der Waals surface area contributed by atoms with Crippen molar-refractivity contribution >= 4 is 5.84 Å². The van der Waals surface area contributed by atoms with E-state index in [1.165, 1.54) is 12.1 Å². The van der Waals surface area contributed by atoms with E-state index in [9.17, 15) is 5.11 Å². The number of aliphatic hydroxyl groups is 1. The summed E-state index contributed by atoms with van der Waals surface area (Å²) in [6, 6.07) is 3.49. The molecule has 0 aromatic heterocycles. The van der Waals surface area contributed by atoms with E-state index < -0.39 is 11.9 Å². The van der Waals surface area contributed by atoms with Crippen molar-refractivity contribution in [3.05, 3.63) is 23.8 Å². The summed E-state index contributed by atoms with van der Waals surface area (Å²) in [6.45, 7) is 0. The number of nitrogens with two attached hydrogens (primary N) is 1. The van der Waals surface area contributed by atoms with Gasteiger partial charge in [0.05, 0.1) is 0 Å². The van der Waals surface area contributed by atoms with Crippen LogP contribution in [0.3, 0.4) is 0 Å². The van der Waals surface area contributed by atoms with E-state index in [2.05, 4.69) is 5.16 Å². The molecular weight excluding hydrogens is 188 g/mol. The molecule has 0 amide bonds. The third kappa shape index (κ3) is 2.05.